The summed E-state index contributed by atoms with van der Waals surface area (Å²) in [4.78, 5) is 10.0. The van der Waals surface area contributed by atoms with Crippen molar-refractivity contribution in [3.8, 4) is 5.69 Å². The zero-order chi connectivity index (χ0) is 14.4. The van der Waals surface area contributed by atoms with Gasteiger partial charge < -0.3 is 5.11 Å². The van der Waals surface area contributed by atoms with Gasteiger partial charge in [-0.15, -0.1) is 11.8 Å². The lowest BCUT2D eigenvalue weighted by atomic mass is 10.1. The number of fused-ring (bicyclic) bond motifs is 3. The van der Waals surface area contributed by atoms with Crippen molar-refractivity contribution in [2.24, 2.45) is 4.99 Å². The molecule has 1 aliphatic heterocycles. The number of rotatable bonds is 1. The number of aryl methyl sites for hydroxylation is 1. The van der Waals surface area contributed by atoms with Gasteiger partial charge >= 0.3 is 0 Å². The first-order chi connectivity index (χ1) is 9.52. The van der Waals surface area contributed by atoms with Crippen LogP contribution in [0.3, 0.4) is 0 Å². The van der Waals surface area contributed by atoms with E-state index in [2.05, 4.69) is 34.4 Å². The van der Waals surface area contributed by atoms with Gasteiger partial charge in [-0.25, -0.2) is 4.98 Å². The predicted octanol–water partition coefficient (Wildman–Crippen LogP) is 3.02. The first-order valence-electron chi connectivity index (χ1n) is 6.50. The zero-order valence-corrected chi connectivity index (χ0v) is 12.8. The number of imidazole rings is 1. The highest BCUT2D eigenvalue weighted by Crippen LogP contribution is 2.31. The van der Waals surface area contributed by atoms with Crippen molar-refractivity contribution in [3.63, 3.8) is 0 Å². The summed E-state index contributed by atoms with van der Waals surface area (Å²) in [6, 6.07) is 6.29. The van der Waals surface area contributed by atoms with E-state index in [1.165, 1.54) is 4.90 Å². The van der Waals surface area contributed by atoms with Crippen molar-refractivity contribution < 1.29 is 5.11 Å². The van der Waals surface area contributed by atoms with E-state index in [1.54, 1.807) is 11.8 Å². The Morgan fingerprint density at radius 3 is 2.70 bits per heavy atom. The fourth-order valence-electron chi connectivity index (χ4n) is 2.55. The van der Waals surface area contributed by atoms with Gasteiger partial charge in [0.15, 0.2) is 5.82 Å². The van der Waals surface area contributed by atoms with Gasteiger partial charge in [0.2, 0.25) is 6.23 Å². The number of aromatic nitrogens is 2. The molecule has 0 spiro atoms. The Balaban J connectivity index is 2.36. The largest absolute Gasteiger partial charge is 0.365 e. The van der Waals surface area contributed by atoms with Crippen molar-refractivity contribution in [2.45, 2.75) is 31.9 Å². The number of aliphatic hydroxyl groups excluding tert-OH is 1. The molecule has 1 atom stereocenters. The lowest BCUT2D eigenvalue weighted by Crippen LogP contribution is -2.06. The van der Waals surface area contributed by atoms with Crippen LogP contribution in [0.4, 0.5) is 0 Å². The number of benzene rings is 1. The Morgan fingerprint density at radius 1 is 1.25 bits per heavy atom. The minimum atomic E-state index is -0.910. The highest BCUT2D eigenvalue weighted by atomic mass is 32.2. The summed E-state index contributed by atoms with van der Waals surface area (Å²) >= 11 is 1.70. The maximum Gasteiger partial charge on any atom is 0.204 e. The fraction of sp³-hybridized carbons (Fsp3) is 0.333. The Hall–Kier alpha value is -1.59. The van der Waals surface area contributed by atoms with Crippen molar-refractivity contribution >= 4 is 17.5 Å². The number of thioether (sulfide) groups is 1. The number of aliphatic hydroxyl groups is 1. The Morgan fingerprint density at radius 2 is 2.00 bits per heavy atom. The number of aliphatic imine (C=N–C) groups is 1. The van der Waals surface area contributed by atoms with E-state index >= 15 is 0 Å². The highest BCUT2D eigenvalue weighted by molar-refractivity contribution is 7.98. The smallest absolute Gasteiger partial charge is 0.204 e. The lowest BCUT2D eigenvalue weighted by molar-refractivity contribution is 0.177. The molecule has 1 aromatic carbocycles. The maximum atomic E-state index is 10.3. The first-order valence-corrected chi connectivity index (χ1v) is 7.72. The molecular weight excluding hydrogens is 270 g/mol. The van der Waals surface area contributed by atoms with E-state index in [4.69, 9.17) is 0 Å². The van der Waals surface area contributed by atoms with Crippen LogP contribution >= 0.6 is 11.8 Å². The average Bonchev–Trinajstić information content (AvgIpc) is 2.69. The average molecular weight is 287 g/mol. The van der Waals surface area contributed by atoms with E-state index in [0.717, 1.165) is 28.4 Å². The standard InChI is InChI=1S/C15H17N3OS/c1-8-10(3)18-13-6-5-11(20-4)7-12(13)9(2)17-15(19)14(18)16-8/h5-7,15,19H,1-4H3. The van der Waals surface area contributed by atoms with E-state index < -0.39 is 6.23 Å². The van der Waals surface area contributed by atoms with Crippen LogP contribution in [0.5, 0.6) is 0 Å². The van der Waals surface area contributed by atoms with Crippen molar-refractivity contribution in [2.75, 3.05) is 6.26 Å². The second kappa shape index (κ2) is 4.75. The van der Waals surface area contributed by atoms with E-state index in [1.807, 2.05) is 25.3 Å². The minimum Gasteiger partial charge on any atom is -0.365 e. The Bertz CT molecular complexity index is 718. The molecule has 5 heteroatoms. The topological polar surface area (TPSA) is 50.4 Å². The molecule has 4 nitrogen and oxygen atoms in total. The van der Waals surface area contributed by atoms with Crippen LogP contribution in [0.25, 0.3) is 5.69 Å². The summed E-state index contributed by atoms with van der Waals surface area (Å²) in [5.41, 5.74) is 4.89. The van der Waals surface area contributed by atoms with Crippen LogP contribution in [0, 0.1) is 13.8 Å². The van der Waals surface area contributed by atoms with Gasteiger partial charge in [-0.2, -0.15) is 0 Å². The molecule has 2 heterocycles. The summed E-state index contributed by atoms with van der Waals surface area (Å²) in [6.07, 6.45) is 1.14. The van der Waals surface area contributed by atoms with Gasteiger partial charge in [0.1, 0.15) is 0 Å². The molecule has 104 valence electrons. The number of hydrogen-bond donors (Lipinski definition) is 1. The maximum absolute atomic E-state index is 10.3. The quantitative estimate of drug-likeness (QED) is 0.820. The van der Waals surface area contributed by atoms with E-state index in [-0.39, 0.29) is 0 Å². The molecule has 0 fully saturated rings. The summed E-state index contributed by atoms with van der Waals surface area (Å²) in [6.45, 7) is 5.91. The van der Waals surface area contributed by atoms with Gasteiger partial charge in [-0.05, 0) is 45.2 Å². The molecule has 1 aliphatic rings. The molecule has 0 aliphatic carbocycles. The molecule has 0 radical (unpaired) electrons. The van der Waals surface area contributed by atoms with Gasteiger partial charge in [0.05, 0.1) is 11.4 Å². The van der Waals surface area contributed by atoms with Gasteiger partial charge in [0, 0.05) is 21.9 Å². The fourth-order valence-corrected chi connectivity index (χ4v) is 2.99. The molecule has 20 heavy (non-hydrogen) atoms. The van der Waals surface area contributed by atoms with Crippen molar-refractivity contribution in [1.82, 2.24) is 9.55 Å². The normalized spacial score (nSPS) is 17.2. The second-order valence-electron chi connectivity index (χ2n) is 4.95. The summed E-state index contributed by atoms with van der Waals surface area (Å²) < 4.78 is 2.01. The van der Waals surface area contributed by atoms with Crippen LogP contribution in [0.1, 0.15) is 35.9 Å². The van der Waals surface area contributed by atoms with Gasteiger partial charge in [-0.1, -0.05) is 0 Å². The molecule has 3 rings (SSSR count). The van der Waals surface area contributed by atoms with Crippen molar-refractivity contribution in [1.29, 1.82) is 0 Å². The zero-order valence-electron chi connectivity index (χ0n) is 12.0. The molecular formula is C15H17N3OS. The summed E-state index contributed by atoms with van der Waals surface area (Å²) in [5.74, 6) is 0.593. The van der Waals surface area contributed by atoms with Crippen LogP contribution in [-0.2, 0) is 0 Å². The Labute approximate surface area is 122 Å². The van der Waals surface area contributed by atoms with Crippen molar-refractivity contribution in [3.05, 3.63) is 41.0 Å². The monoisotopic (exact) mass is 287 g/mol. The molecule has 2 aromatic rings. The lowest BCUT2D eigenvalue weighted by Gasteiger charge is -2.13. The summed E-state index contributed by atoms with van der Waals surface area (Å²) in [5, 5.41) is 10.3. The van der Waals surface area contributed by atoms with Gasteiger partial charge in [0.25, 0.3) is 0 Å². The SMILES string of the molecule is CSc1ccc2c(c1)C(C)=NC(O)c1nc(C)c(C)n1-2. The van der Waals surface area contributed by atoms with Crippen LogP contribution in [-0.4, -0.2) is 26.6 Å². The molecule has 0 saturated carbocycles. The Kier molecular flexibility index (Phi) is 3.18. The van der Waals surface area contributed by atoms with Crippen LogP contribution in [0.15, 0.2) is 28.1 Å². The van der Waals surface area contributed by atoms with Crippen LogP contribution in [0.2, 0.25) is 0 Å². The highest BCUT2D eigenvalue weighted by Gasteiger charge is 2.25. The second-order valence-corrected chi connectivity index (χ2v) is 5.83. The van der Waals surface area contributed by atoms with E-state index in [9.17, 15) is 5.11 Å². The third kappa shape index (κ3) is 1.89. The molecule has 1 aromatic heterocycles. The third-order valence-electron chi connectivity index (χ3n) is 3.75. The predicted molar refractivity (Wildman–Crippen MR) is 82.0 cm³/mol. The third-order valence-corrected chi connectivity index (χ3v) is 4.48. The molecule has 1 N–H and O–H groups in total. The van der Waals surface area contributed by atoms with E-state index in [0.29, 0.717) is 5.82 Å². The van der Waals surface area contributed by atoms with Gasteiger partial charge in [-0.3, -0.25) is 9.56 Å². The first kappa shape index (κ1) is 13.4. The molecule has 0 bridgehead atoms. The molecule has 0 amide bonds. The summed E-state index contributed by atoms with van der Waals surface area (Å²) in [7, 11) is 0. The molecule has 0 saturated heterocycles. The number of nitrogens with zero attached hydrogens (tertiary/aromatic N) is 3. The molecule has 1 unspecified atom stereocenters. The minimum absolute atomic E-state index is 0.593. The van der Waals surface area contributed by atoms with Crippen LogP contribution < -0.4 is 0 Å². The number of hydrogen-bond acceptors (Lipinski definition) is 4.